The second-order valence-corrected chi connectivity index (χ2v) is 10.4. The fourth-order valence-corrected chi connectivity index (χ4v) is 7.93. The molecular formula is C19H21F3IN8O-. The van der Waals surface area contributed by atoms with Crippen LogP contribution in [0.5, 0.6) is 0 Å². The van der Waals surface area contributed by atoms with Crippen LogP contribution < -0.4 is 27.2 Å². The maximum absolute atomic E-state index is 13.3. The van der Waals surface area contributed by atoms with Crippen LogP contribution in [0, 0.1) is 0 Å². The molecular weight excluding hydrogens is 540 g/mol. The number of nitrogen functional groups attached to an aromatic ring is 1. The molecule has 9 nitrogen and oxygen atoms in total. The van der Waals surface area contributed by atoms with Crippen molar-refractivity contribution in [1.29, 1.82) is 0 Å². The molecule has 0 amide bonds. The SMILES string of the molecule is CCC(c1ncn[nH]1)N1C[C@@]2(C[I-]1)OCCn1nc(-c3cnc(N)c(C(F)(F)F)c3)cc12. The van der Waals surface area contributed by atoms with Crippen LogP contribution in [0.15, 0.2) is 24.7 Å². The Labute approximate surface area is 192 Å². The summed E-state index contributed by atoms with van der Waals surface area (Å²) in [5, 5.41) is 11.5. The van der Waals surface area contributed by atoms with Gasteiger partial charge in [0.1, 0.15) is 0 Å². The van der Waals surface area contributed by atoms with Gasteiger partial charge in [0.15, 0.2) is 0 Å². The van der Waals surface area contributed by atoms with E-state index in [0.717, 1.165) is 28.4 Å². The first-order chi connectivity index (χ1) is 15.3. The van der Waals surface area contributed by atoms with E-state index < -0.39 is 23.2 Å². The first-order valence-electron chi connectivity index (χ1n) is 10.1. The molecule has 2 atom stereocenters. The van der Waals surface area contributed by atoms with E-state index in [-0.39, 0.29) is 33.1 Å². The van der Waals surface area contributed by atoms with Crippen LogP contribution in [-0.2, 0) is 23.1 Å². The topological polar surface area (TPSA) is 111 Å². The molecule has 1 unspecified atom stereocenters. The zero-order chi connectivity index (χ0) is 22.5. The van der Waals surface area contributed by atoms with Gasteiger partial charge in [-0.2, -0.15) is 0 Å². The first-order valence-corrected chi connectivity index (χ1v) is 12.6. The summed E-state index contributed by atoms with van der Waals surface area (Å²) in [6.07, 6.45) is -0.857. The number of aromatic amines is 1. The molecule has 2 aliphatic heterocycles. The summed E-state index contributed by atoms with van der Waals surface area (Å²) in [4.78, 5) is 8.08. The van der Waals surface area contributed by atoms with Crippen LogP contribution in [0.4, 0.5) is 19.0 Å². The number of rotatable bonds is 4. The quantitative estimate of drug-likeness (QED) is 0.248. The average Bonchev–Trinajstić information content (AvgIpc) is 3.50. The molecule has 2 aliphatic rings. The molecule has 1 saturated heterocycles. The van der Waals surface area contributed by atoms with Gasteiger partial charge >= 0.3 is 192 Å². The molecule has 32 heavy (non-hydrogen) atoms. The first kappa shape index (κ1) is 21.6. The van der Waals surface area contributed by atoms with E-state index in [4.69, 9.17) is 10.5 Å². The van der Waals surface area contributed by atoms with E-state index in [1.165, 1.54) is 12.5 Å². The summed E-state index contributed by atoms with van der Waals surface area (Å²) >= 11 is -0.347. The number of fused-ring (bicyclic) bond motifs is 2. The van der Waals surface area contributed by atoms with Gasteiger partial charge in [-0.1, -0.05) is 0 Å². The molecule has 1 fully saturated rings. The fourth-order valence-electron chi connectivity index (χ4n) is 4.17. The molecule has 0 aromatic carbocycles. The number of anilines is 1. The zero-order valence-electron chi connectivity index (χ0n) is 17.1. The maximum atomic E-state index is 13.3. The Balaban J connectivity index is 1.47. The number of pyridine rings is 1. The van der Waals surface area contributed by atoms with Gasteiger partial charge < -0.3 is 0 Å². The van der Waals surface area contributed by atoms with Crippen molar-refractivity contribution < 1.29 is 39.4 Å². The summed E-state index contributed by atoms with van der Waals surface area (Å²) in [5.41, 5.74) is 5.57. The summed E-state index contributed by atoms with van der Waals surface area (Å²) in [5.74, 6) is 0.293. The molecule has 5 heterocycles. The Morgan fingerprint density at radius 3 is 2.91 bits per heavy atom. The molecule has 0 radical (unpaired) electrons. The number of hydrogen-bond acceptors (Lipinski definition) is 7. The normalized spacial score (nSPS) is 22.6. The second-order valence-electron chi connectivity index (χ2n) is 7.74. The number of nitrogens with zero attached hydrogens (tertiary/aromatic N) is 6. The van der Waals surface area contributed by atoms with Gasteiger partial charge in [0.2, 0.25) is 0 Å². The second kappa shape index (κ2) is 7.95. The van der Waals surface area contributed by atoms with E-state index in [9.17, 15) is 13.2 Å². The van der Waals surface area contributed by atoms with Crippen LogP contribution in [0.1, 0.15) is 36.5 Å². The van der Waals surface area contributed by atoms with Crippen molar-refractivity contribution in [3.05, 3.63) is 41.7 Å². The predicted octanol–water partition coefficient (Wildman–Crippen LogP) is -0.639. The summed E-state index contributed by atoms with van der Waals surface area (Å²) in [6.45, 7) is 3.83. The monoisotopic (exact) mass is 561 g/mol. The van der Waals surface area contributed by atoms with Gasteiger partial charge in [-0.3, -0.25) is 0 Å². The minimum atomic E-state index is -4.58. The standard InChI is InChI=1S/C19H21F3IN8O/c1-2-14(17-26-10-27-28-17)30-9-18(8-23-30)15-6-13(29-31(15)3-4-32-18)11-5-12(19(20,21)22)16(24)25-7-11/h5-7,10,14H,2-4,8-9H2,1H3,(H2,24,25)(H,26,27,28)/q-1/t14?,18-/m1/s1. The van der Waals surface area contributed by atoms with Crippen molar-refractivity contribution in [1.82, 2.24) is 33.1 Å². The molecule has 1 spiro atoms. The van der Waals surface area contributed by atoms with E-state index in [1.807, 2.05) is 10.7 Å². The number of hydrogen-bond donors (Lipinski definition) is 2. The van der Waals surface area contributed by atoms with Crippen molar-refractivity contribution in [2.45, 2.75) is 37.7 Å². The van der Waals surface area contributed by atoms with Crippen molar-refractivity contribution >= 4 is 5.82 Å². The molecule has 172 valence electrons. The number of halogens is 4. The Morgan fingerprint density at radius 2 is 2.19 bits per heavy atom. The van der Waals surface area contributed by atoms with Crippen molar-refractivity contribution in [3.8, 4) is 11.3 Å². The zero-order valence-corrected chi connectivity index (χ0v) is 19.3. The van der Waals surface area contributed by atoms with Gasteiger partial charge in [-0.15, -0.1) is 0 Å². The van der Waals surface area contributed by atoms with E-state index in [0.29, 0.717) is 25.4 Å². The van der Waals surface area contributed by atoms with Crippen LogP contribution in [0.25, 0.3) is 11.3 Å². The Hall–Kier alpha value is -2.26. The number of nitrogens with one attached hydrogen (secondary N) is 1. The van der Waals surface area contributed by atoms with Crippen molar-refractivity contribution in [2.24, 2.45) is 0 Å². The molecule has 3 aromatic heterocycles. The summed E-state index contributed by atoms with van der Waals surface area (Å²) < 4.78 is 51.3. The third-order valence-corrected chi connectivity index (χ3v) is 9.22. The van der Waals surface area contributed by atoms with Crippen LogP contribution >= 0.6 is 0 Å². The third-order valence-electron chi connectivity index (χ3n) is 5.76. The summed E-state index contributed by atoms with van der Waals surface area (Å²) in [6, 6.07) is 2.96. The number of alkyl halides is 4. The van der Waals surface area contributed by atoms with Crippen LogP contribution in [0.3, 0.4) is 0 Å². The number of nitrogens with two attached hydrogens (primary N) is 1. The van der Waals surface area contributed by atoms with E-state index in [2.05, 4.69) is 35.3 Å². The molecule has 3 aromatic rings. The van der Waals surface area contributed by atoms with E-state index in [1.54, 1.807) is 0 Å². The molecule has 0 aliphatic carbocycles. The molecule has 0 saturated carbocycles. The predicted molar refractivity (Wildman–Crippen MR) is 103 cm³/mol. The average molecular weight is 561 g/mol. The Morgan fingerprint density at radius 1 is 1.34 bits per heavy atom. The van der Waals surface area contributed by atoms with Gasteiger partial charge in [0, 0.05) is 0 Å². The van der Waals surface area contributed by atoms with Gasteiger partial charge in [-0.05, 0) is 0 Å². The number of H-pyrrole nitrogens is 1. The van der Waals surface area contributed by atoms with Crippen LogP contribution in [-0.4, -0.2) is 50.6 Å². The molecule has 0 bridgehead atoms. The Kier molecular flexibility index (Phi) is 5.36. The van der Waals surface area contributed by atoms with Crippen molar-refractivity contribution in [3.63, 3.8) is 0 Å². The van der Waals surface area contributed by atoms with E-state index >= 15 is 0 Å². The summed E-state index contributed by atoms with van der Waals surface area (Å²) in [7, 11) is 0. The number of ether oxygens (including phenoxy) is 1. The van der Waals surface area contributed by atoms with Gasteiger partial charge in [0.05, 0.1) is 0 Å². The van der Waals surface area contributed by atoms with Gasteiger partial charge in [0.25, 0.3) is 0 Å². The van der Waals surface area contributed by atoms with Crippen molar-refractivity contribution in [2.75, 3.05) is 23.3 Å². The third kappa shape index (κ3) is 3.65. The van der Waals surface area contributed by atoms with Crippen LogP contribution in [0.2, 0.25) is 0 Å². The minimum absolute atomic E-state index is 0.127. The Bertz CT molecular complexity index is 1120. The molecule has 3 N–H and O–H groups in total. The molecule has 5 rings (SSSR count). The fraction of sp³-hybridized carbons (Fsp3) is 0.474. The van der Waals surface area contributed by atoms with Gasteiger partial charge in [-0.25, -0.2) is 0 Å². The number of aromatic nitrogens is 6. The molecule has 13 heteroatoms.